The molecular formula is C18H31N5O3S. The smallest absolute Gasteiger partial charge is 0.256 e. The highest BCUT2D eigenvalue weighted by Gasteiger charge is 2.50. The Balaban J connectivity index is 1.77. The Morgan fingerprint density at radius 3 is 2.59 bits per heavy atom. The summed E-state index contributed by atoms with van der Waals surface area (Å²) < 4.78 is 23.2. The zero-order chi connectivity index (χ0) is 20.0. The van der Waals surface area contributed by atoms with E-state index >= 15 is 0 Å². The molecule has 3 heterocycles. The summed E-state index contributed by atoms with van der Waals surface area (Å²) in [6.07, 6.45) is 1.76. The van der Waals surface area contributed by atoms with Crippen LogP contribution < -0.4 is 20.9 Å². The van der Waals surface area contributed by atoms with Crippen LogP contribution >= 0.6 is 0 Å². The molecule has 0 unspecified atom stereocenters. The Morgan fingerprint density at radius 2 is 2.00 bits per heavy atom. The van der Waals surface area contributed by atoms with Gasteiger partial charge in [-0.05, 0) is 40.5 Å². The Hall–Kier alpha value is -1.45. The molecule has 0 amide bonds. The average molecular weight is 398 g/mol. The Labute approximate surface area is 163 Å². The van der Waals surface area contributed by atoms with Gasteiger partial charge in [0.15, 0.2) is 0 Å². The lowest BCUT2D eigenvalue weighted by Gasteiger charge is -2.43. The fourth-order valence-electron chi connectivity index (χ4n) is 3.93. The van der Waals surface area contributed by atoms with Gasteiger partial charge in [-0.25, -0.2) is 8.93 Å². The van der Waals surface area contributed by atoms with E-state index in [4.69, 9.17) is 10.5 Å². The summed E-state index contributed by atoms with van der Waals surface area (Å²) in [7, 11) is 0.566. The summed E-state index contributed by atoms with van der Waals surface area (Å²) in [5.74, 6) is 0.843. The van der Waals surface area contributed by atoms with Crippen molar-refractivity contribution in [3.63, 3.8) is 0 Å². The molecule has 1 spiro atoms. The third-order valence-corrected chi connectivity index (χ3v) is 7.31. The first-order valence-corrected chi connectivity index (χ1v) is 10.6. The predicted molar refractivity (Wildman–Crippen MR) is 108 cm³/mol. The number of hydrogen-bond acceptors (Lipinski definition) is 6. The highest BCUT2D eigenvalue weighted by atomic mass is 32.2. The molecule has 0 aromatic carbocycles. The number of nitrogen functional groups attached to an aromatic ring is 1. The molecule has 0 saturated carbocycles. The first-order chi connectivity index (χ1) is 12.5. The summed E-state index contributed by atoms with van der Waals surface area (Å²) >= 11 is 0. The molecule has 3 N–H and O–H groups in total. The summed E-state index contributed by atoms with van der Waals surface area (Å²) in [6, 6.07) is 1.38. The number of anilines is 2. The van der Waals surface area contributed by atoms with Crippen LogP contribution in [0.25, 0.3) is 0 Å². The van der Waals surface area contributed by atoms with Gasteiger partial charge in [-0.15, -0.1) is 0 Å². The van der Waals surface area contributed by atoms with Crippen LogP contribution in [0.1, 0.15) is 40.5 Å². The van der Waals surface area contributed by atoms with Crippen molar-refractivity contribution in [1.29, 1.82) is 0 Å². The maximum Gasteiger partial charge on any atom is 0.256 e. The van der Waals surface area contributed by atoms with E-state index in [1.165, 1.54) is 10.6 Å². The van der Waals surface area contributed by atoms with Gasteiger partial charge in [-0.1, -0.05) is 0 Å². The third kappa shape index (κ3) is 3.90. The van der Waals surface area contributed by atoms with E-state index in [1.54, 1.807) is 7.05 Å². The van der Waals surface area contributed by atoms with Crippen molar-refractivity contribution < 1.29 is 8.95 Å². The number of hydrogen-bond donors (Lipinski definition) is 2. The predicted octanol–water partition coefficient (Wildman–Crippen LogP) is 0.788. The van der Waals surface area contributed by atoms with Crippen LogP contribution in [0.3, 0.4) is 0 Å². The standard InChI is InChI=1S/C18H31N5O3S/c1-12-15(21-27(25)17(2,3)4)18(11-26-12)6-8-23(9-7-18)16-20-13(19)10-14(24)22(16)5/h10,12,15,21H,6-9,11,19H2,1-5H3/t12-,15+,27+/m0/s1. The van der Waals surface area contributed by atoms with E-state index in [9.17, 15) is 9.00 Å². The second kappa shape index (κ2) is 7.18. The number of nitrogens with zero attached hydrogens (tertiary/aromatic N) is 3. The number of aromatic nitrogens is 2. The average Bonchev–Trinajstić information content (AvgIpc) is 2.88. The molecule has 3 atom stereocenters. The van der Waals surface area contributed by atoms with Crippen LogP contribution in [0, 0.1) is 5.41 Å². The Bertz CT molecular complexity index is 780. The van der Waals surface area contributed by atoms with Crippen molar-refractivity contribution in [3.8, 4) is 0 Å². The van der Waals surface area contributed by atoms with Gasteiger partial charge in [0.1, 0.15) is 5.82 Å². The molecule has 3 rings (SSSR count). The maximum atomic E-state index is 12.7. The maximum absolute atomic E-state index is 12.7. The quantitative estimate of drug-likeness (QED) is 0.782. The summed E-state index contributed by atoms with van der Waals surface area (Å²) in [5, 5.41) is 0. The lowest BCUT2D eigenvalue weighted by Crippen LogP contribution is -2.55. The molecule has 9 heteroatoms. The molecule has 2 fully saturated rings. The van der Waals surface area contributed by atoms with Crippen LogP contribution in [0.2, 0.25) is 0 Å². The highest BCUT2D eigenvalue weighted by molar-refractivity contribution is 7.84. The molecule has 27 heavy (non-hydrogen) atoms. The van der Waals surface area contributed by atoms with E-state index in [1.807, 2.05) is 27.7 Å². The fourth-order valence-corrected chi connectivity index (χ4v) is 4.95. The zero-order valence-corrected chi connectivity index (χ0v) is 17.6. The molecule has 2 aliphatic heterocycles. The molecule has 0 aliphatic carbocycles. The van der Waals surface area contributed by atoms with Crippen molar-refractivity contribution >= 4 is 22.8 Å². The molecular weight excluding hydrogens is 366 g/mol. The Morgan fingerprint density at radius 1 is 1.37 bits per heavy atom. The zero-order valence-electron chi connectivity index (χ0n) is 16.8. The minimum atomic E-state index is -1.15. The number of nitrogens with two attached hydrogens (primary N) is 1. The van der Waals surface area contributed by atoms with Crippen molar-refractivity contribution in [2.24, 2.45) is 12.5 Å². The van der Waals surface area contributed by atoms with Crippen molar-refractivity contribution in [2.45, 2.75) is 57.4 Å². The van der Waals surface area contributed by atoms with Gasteiger partial charge in [0.25, 0.3) is 5.56 Å². The lowest BCUT2D eigenvalue weighted by molar-refractivity contribution is 0.0972. The van der Waals surface area contributed by atoms with E-state index < -0.39 is 11.0 Å². The second-order valence-electron chi connectivity index (χ2n) is 8.72. The normalized spacial score (nSPS) is 26.5. The van der Waals surface area contributed by atoms with E-state index in [-0.39, 0.29) is 33.7 Å². The molecule has 2 saturated heterocycles. The first-order valence-electron chi connectivity index (χ1n) is 9.42. The van der Waals surface area contributed by atoms with Gasteiger partial charge in [-0.3, -0.25) is 9.36 Å². The topological polar surface area (TPSA) is 102 Å². The minimum Gasteiger partial charge on any atom is -0.383 e. The van der Waals surface area contributed by atoms with Gasteiger partial charge in [0.05, 0.1) is 34.5 Å². The summed E-state index contributed by atoms with van der Waals surface area (Å²) in [5.41, 5.74) is 5.56. The van der Waals surface area contributed by atoms with Crippen LogP contribution in [0.15, 0.2) is 10.9 Å². The van der Waals surface area contributed by atoms with Crippen molar-refractivity contribution in [3.05, 3.63) is 16.4 Å². The molecule has 1 aromatic heterocycles. The largest absolute Gasteiger partial charge is 0.383 e. The molecule has 1 aromatic rings. The van der Waals surface area contributed by atoms with Crippen molar-refractivity contribution in [1.82, 2.24) is 14.3 Å². The number of ether oxygens (including phenoxy) is 1. The molecule has 2 aliphatic rings. The second-order valence-corrected chi connectivity index (χ2v) is 10.7. The van der Waals surface area contributed by atoms with Crippen LogP contribution in [0.4, 0.5) is 11.8 Å². The first kappa shape index (κ1) is 20.3. The third-order valence-electron chi connectivity index (χ3n) is 5.73. The fraction of sp³-hybridized carbons (Fsp3) is 0.778. The van der Waals surface area contributed by atoms with Crippen molar-refractivity contribution in [2.75, 3.05) is 30.3 Å². The number of piperidine rings is 1. The number of nitrogens with one attached hydrogen (secondary N) is 1. The van der Waals surface area contributed by atoms with E-state index in [0.717, 1.165) is 25.9 Å². The van der Waals surface area contributed by atoms with Crippen LogP contribution in [-0.2, 0) is 22.8 Å². The monoisotopic (exact) mass is 397 g/mol. The van der Waals surface area contributed by atoms with Gasteiger partial charge in [-0.2, -0.15) is 4.98 Å². The highest BCUT2D eigenvalue weighted by Crippen LogP contribution is 2.43. The summed E-state index contributed by atoms with van der Waals surface area (Å²) in [6.45, 7) is 10.1. The van der Waals surface area contributed by atoms with Crippen LogP contribution in [0.5, 0.6) is 0 Å². The minimum absolute atomic E-state index is 0.0118. The van der Waals surface area contributed by atoms with E-state index in [0.29, 0.717) is 12.6 Å². The molecule has 8 nitrogen and oxygen atoms in total. The molecule has 152 valence electrons. The van der Waals surface area contributed by atoms with Gasteiger partial charge in [0, 0.05) is 31.6 Å². The van der Waals surface area contributed by atoms with Crippen LogP contribution in [-0.4, -0.2) is 50.3 Å². The molecule has 0 radical (unpaired) electrons. The van der Waals surface area contributed by atoms with Gasteiger partial charge < -0.3 is 15.4 Å². The Kier molecular flexibility index (Phi) is 5.39. The van der Waals surface area contributed by atoms with Gasteiger partial charge in [0.2, 0.25) is 5.95 Å². The number of rotatable bonds is 3. The molecule has 0 bridgehead atoms. The summed E-state index contributed by atoms with van der Waals surface area (Å²) in [4.78, 5) is 18.5. The lowest BCUT2D eigenvalue weighted by atomic mass is 9.73. The van der Waals surface area contributed by atoms with Gasteiger partial charge >= 0.3 is 0 Å². The SMILES string of the molecule is C[C@@H]1OCC2(CCN(c3nc(N)cc(=O)n3C)CC2)[C@@H]1N[S@](=O)C(C)(C)C. The van der Waals surface area contributed by atoms with E-state index in [2.05, 4.69) is 14.6 Å².